The van der Waals surface area contributed by atoms with Crippen molar-refractivity contribution in [1.82, 2.24) is 9.97 Å². The molecule has 0 aromatic carbocycles. The van der Waals surface area contributed by atoms with Crippen molar-refractivity contribution in [1.29, 1.82) is 0 Å². The molecule has 0 saturated carbocycles. The maximum atomic E-state index is 12.5. The summed E-state index contributed by atoms with van der Waals surface area (Å²) in [5, 5.41) is 0.725. The van der Waals surface area contributed by atoms with Crippen molar-refractivity contribution in [3.8, 4) is 0 Å². The molecule has 2 aromatic rings. The van der Waals surface area contributed by atoms with E-state index in [4.69, 9.17) is 4.74 Å². The van der Waals surface area contributed by atoms with Gasteiger partial charge in [0.2, 0.25) is 0 Å². The number of carbonyl (C=O) groups is 1. The Kier molecular flexibility index (Phi) is 4.27. The molecule has 0 saturated heterocycles. The Morgan fingerprint density at radius 3 is 2.83 bits per heavy atom. The molecule has 0 fully saturated rings. The zero-order valence-electron chi connectivity index (χ0n) is 13.9. The first kappa shape index (κ1) is 16.2. The first-order chi connectivity index (χ1) is 10.9. The highest BCUT2D eigenvalue weighted by atomic mass is 32.1. The number of rotatable bonds is 3. The first-order valence-electron chi connectivity index (χ1n) is 8.11. The molecule has 0 unspecified atom stereocenters. The van der Waals surface area contributed by atoms with Gasteiger partial charge < -0.3 is 9.72 Å². The molecule has 0 radical (unpaired) electrons. The number of aromatic nitrogens is 2. The number of aryl methyl sites for hydroxylation is 1. The fourth-order valence-corrected chi connectivity index (χ4v) is 4.31. The fraction of sp³-hybridized carbons (Fsp3) is 0.588. The quantitative estimate of drug-likeness (QED) is 0.874. The molecular formula is C17H22N2O3S. The third-order valence-corrected chi connectivity index (χ3v) is 5.48. The summed E-state index contributed by atoms with van der Waals surface area (Å²) in [7, 11) is 0. The van der Waals surface area contributed by atoms with Gasteiger partial charge in [0.15, 0.2) is 11.9 Å². The number of aromatic amines is 1. The van der Waals surface area contributed by atoms with Crippen LogP contribution in [0.15, 0.2) is 4.79 Å². The highest BCUT2D eigenvalue weighted by Gasteiger charge is 2.24. The van der Waals surface area contributed by atoms with E-state index in [2.05, 4.69) is 16.9 Å². The van der Waals surface area contributed by atoms with E-state index in [9.17, 15) is 9.59 Å². The van der Waals surface area contributed by atoms with E-state index in [0.29, 0.717) is 11.7 Å². The number of fused-ring (bicyclic) bond motifs is 3. The van der Waals surface area contributed by atoms with E-state index in [0.717, 1.165) is 35.0 Å². The van der Waals surface area contributed by atoms with Crippen LogP contribution in [0.25, 0.3) is 10.2 Å². The molecule has 0 spiro atoms. The third kappa shape index (κ3) is 3.04. The Bertz CT molecular complexity index is 806. The van der Waals surface area contributed by atoms with E-state index in [-0.39, 0.29) is 17.4 Å². The van der Waals surface area contributed by atoms with Crippen LogP contribution in [0, 0.1) is 11.8 Å². The molecule has 2 atom stereocenters. The standard InChI is InChI=1S/C17H22N2O3S/c1-8(2)17(21)22-10(4)14-18-15(20)13-11-6-5-9(3)7-12(11)23-16(13)19-14/h8-10H,5-7H2,1-4H3,(H,18,19,20)/t9-,10-/m1/s1. The summed E-state index contributed by atoms with van der Waals surface area (Å²) in [4.78, 5) is 33.6. The molecule has 0 bridgehead atoms. The lowest BCUT2D eigenvalue weighted by atomic mass is 9.89. The molecule has 2 heterocycles. The molecule has 1 aliphatic rings. The monoisotopic (exact) mass is 334 g/mol. The lowest BCUT2D eigenvalue weighted by Crippen LogP contribution is -2.19. The highest BCUT2D eigenvalue weighted by Crippen LogP contribution is 2.35. The molecule has 3 rings (SSSR count). The van der Waals surface area contributed by atoms with Gasteiger partial charge in [-0.15, -0.1) is 11.3 Å². The Labute approximate surface area is 139 Å². The number of hydrogen-bond acceptors (Lipinski definition) is 5. The second-order valence-corrected chi connectivity index (χ2v) is 7.80. The fourth-order valence-electron chi connectivity index (χ4n) is 2.92. The van der Waals surface area contributed by atoms with Crippen molar-refractivity contribution < 1.29 is 9.53 Å². The summed E-state index contributed by atoms with van der Waals surface area (Å²) >= 11 is 1.60. The molecular weight excluding hydrogens is 312 g/mol. The van der Waals surface area contributed by atoms with E-state index in [1.165, 1.54) is 4.88 Å². The number of carbonyl (C=O) groups excluding carboxylic acids is 1. The van der Waals surface area contributed by atoms with Crippen LogP contribution >= 0.6 is 11.3 Å². The second kappa shape index (κ2) is 6.07. The van der Waals surface area contributed by atoms with E-state index in [1.807, 2.05) is 0 Å². The lowest BCUT2D eigenvalue weighted by Gasteiger charge is -2.17. The Hall–Kier alpha value is -1.69. The maximum Gasteiger partial charge on any atom is 0.309 e. The van der Waals surface area contributed by atoms with Crippen LogP contribution in [0.1, 0.15) is 56.5 Å². The smallest absolute Gasteiger partial charge is 0.309 e. The minimum absolute atomic E-state index is 0.121. The van der Waals surface area contributed by atoms with Crippen molar-refractivity contribution in [3.63, 3.8) is 0 Å². The SMILES string of the molecule is CC(C)C(=O)O[C@H](C)c1nc2sc3c(c2c(=O)[nH]1)CC[C@@H](C)C3. The summed E-state index contributed by atoms with van der Waals surface area (Å²) in [6.07, 6.45) is 2.52. The van der Waals surface area contributed by atoms with Crippen LogP contribution in [0.3, 0.4) is 0 Å². The summed E-state index contributed by atoms with van der Waals surface area (Å²) in [5.74, 6) is 0.575. The molecule has 0 amide bonds. The van der Waals surface area contributed by atoms with Gasteiger partial charge in [0.1, 0.15) is 4.83 Å². The molecule has 6 heteroatoms. The second-order valence-electron chi connectivity index (χ2n) is 6.72. The summed E-state index contributed by atoms with van der Waals surface area (Å²) in [6.45, 7) is 7.54. The molecule has 1 aliphatic carbocycles. The van der Waals surface area contributed by atoms with Crippen LogP contribution in [0.5, 0.6) is 0 Å². The van der Waals surface area contributed by atoms with Gasteiger partial charge in [-0.1, -0.05) is 20.8 Å². The number of ether oxygens (including phenoxy) is 1. The molecule has 23 heavy (non-hydrogen) atoms. The summed E-state index contributed by atoms with van der Waals surface area (Å²) < 4.78 is 5.35. The number of nitrogens with zero attached hydrogens (tertiary/aromatic N) is 1. The van der Waals surface area contributed by atoms with Crippen molar-refractivity contribution in [3.05, 3.63) is 26.6 Å². The Morgan fingerprint density at radius 2 is 2.13 bits per heavy atom. The number of hydrogen-bond donors (Lipinski definition) is 1. The van der Waals surface area contributed by atoms with E-state index in [1.54, 1.807) is 32.1 Å². The van der Waals surface area contributed by atoms with Gasteiger partial charge in [-0.25, -0.2) is 4.98 Å². The van der Waals surface area contributed by atoms with Gasteiger partial charge >= 0.3 is 5.97 Å². The number of H-pyrrole nitrogens is 1. The number of esters is 1. The van der Waals surface area contributed by atoms with Crippen molar-refractivity contribution in [2.75, 3.05) is 0 Å². The minimum atomic E-state index is -0.556. The van der Waals surface area contributed by atoms with Crippen LogP contribution in [-0.2, 0) is 22.4 Å². The van der Waals surface area contributed by atoms with Crippen LogP contribution in [0.4, 0.5) is 0 Å². The van der Waals surface area contributed by atoms with Crippen LogP contribution in [0.2, 0.25) is 0 Å². The topological polar surface area (TPSA) is 72.0 Å². The van der Waals surface area contributed by atoms with Gasteiger partial charge in [-0.3, -0.25) is 9.59 Å². The van der Waals surface area contributed by atoms with E-state index >= 15 is 0 Å². The van der Waals surface area contributed by atoms with Crippen LogP contribution in [-0.4, -0.2) is 15.9 Å². The van der Waals surface area contributed by atoms with Crippen molar-refractivity contribution in [2.45, 2.75) is 53.1 Å². The normalized spacial score (nSPS) is 18.9. The van der Waals surface area contributed by atoms with Crippen molar-refractivity contribution in [2.24, 2.45) is 11.8 Å². The van der Waals surface area contributed by atoms with Gasteiger partial charge in [0.05, 0.1) is 11.3 Å². The number of nitrogens with one attached hydrogen (secondary N) is 1. The molecule has 0 aliphatic heterocycles. The average molecular weight is 334 g/mol. The average Bonchev–Trinajstić information content (AvgIpc) is 2.84. The number of thiophene rings is 1. The zero-order chi connectivity index (χ0) is 16.7. The van der Waals surface area contributed by atoms with Gasteiger partial charge in [-0.05, 0) is 37.7 Å². The summed E-state index contributed by atoms with van der Waals surface area (Å²) in [5.41, 5.74) is 1.04. The van der Waals surface area contributed by atoms with Gasteiger partial charge in [0.25, 0.3) is 5.56 Å². The lowest BCUT2D eigenvalue weighted by molar-refractivity contribution is -0.152. The predicted octanol–water partition coefficient (Wildman–Crippen LogP) is 3.37. The molecule has 124 valence electrons. The van der Waals surface area contributed by atoms with E-state index < -0.39 is 6.10 Å². The van der Waals surface area contributed by atoms with Gasteiger partial charge in [0, 0.05) is 4.88 Å². The molecule has 2 aromatic heterocycles. The van der Waals surface area contributed by atoms with Crippen molar-refractivity contribution >= 4 is 27.5 Å². The largest absolute Gasteiger partial charge is 0.454 e. The molecule has 1 N–H and O–H groups in total. The Morgan fingerprint density at radius 1 is 1.39 bits per heavy atom. The Balaban J connectivity index is 1.99. The minimum Gasteiger partial charge on any atom is -0.454 e. The third-order valence-electron chi connectivity index (χ3n) is 4.33. The first-order valence-corrected chi connectivity index (χ1v) is 8.93. The van der Waals surface area contributed by atoms with Crippen LogP contribution < -0.4 is 5.56 Å². The zero-order valence-corrected chi connectivity index (χ0v) is 14.8. The maximum absolute atomic E-state index is 12.5. The predicted molar refractivity (Wildman–Crippen MR) is 90.8 cm³/mol. The molecule has 5 nitrogen and oxygen atoms in total. The van der Waals surface area contributed by atoms with Gasteiger partial charge in [-0.2, -0.15) is 0 Å². The summed E-state index contributed by atoms with van der Waals surface area (Å²) in [6, 6.07) is 0. The highest BCUT2D eigenvalue weighted by molar-refractivity contribution is 7.18.